The van der Waals surface area contributed by atoms with Gasteiger partial charge >= 0.3 is 0 Å². The highest BCUT2D eigenvalue weighted by atomic mass is 35.5. The van der Waals surface area contributed by atoms with E-state index in [-0.39, 0.29) is 17.8 Å². The molecule has 3 nitrogen and oxygen atoms in total. The van der Waals surface area contributed by atoms with E-state index in [9.17, 15) is 17.2 Å². The van der Waals surface area contributed by atoms with E-state index < -0.39 is 26.6 Å². The van der Waals surface area contributed by atoms with Crippen molar-refractivity contribution in [3.63, 3.8) is 0 Å². The number of sulfonamides is 1. The zero-order valence-corrected chi connectivity index (χ0v) is 11.6. The van der Waals surface area contributed by atoms with E-state index >= 15 is 0 Å². The Balaban J connectivity index is 2.12. The molecule has 0 spiro atoms. The van der Waals surface area contributed by atoms with Crippen LogP contribution in [0.25, 0.3) is 0 Å². The third-order valence-electron chi connectivity index (χ3n) is 3.28. The fourth-order valence-corrected chi connectivity index (χ4v) is 3.75. The van der Waals surface area contributed by atoms with Crippen LogP contribution in [-0.4, -0.2) is 20.3 Å². The third kappa shape index (κ3) is 3.43. The Morgan fingerprint density at radius 2 is 2.05 bits per heavy atom. The van der Waals surface area contributed by atoms with Gasteiger partial charge < -0.3 is 0 Å². The van der Waals surface area contributed by atoms with Crippen molar-refractivity contribution in [3.8, 4) is 0 Å². The van der Waals surface area contributed by atoms with Crippen molar-refractivity contribution in [2.75, 3.05) is 6.54 Å². The average molecular weight is 310 g/mol. The summed E-state index contributed by atoms with van der Waals surface area (Å²) in [5, 5.41) is -0.0694. The summed E-state index contributed by atoms with van der Waals surface area (Å²) < 4.78 is 52.5. The first-order valence-electron chi connectivity index (χ1n) is 5.99. The first-order valence-corrected chi connectivity index (χ1v) is 7.91. The number of rotatable bonds is 4. The Morgan fingerprint density at radius 3 is 2.68 bits per heavy atom. The van der Waals surface area contributed by atoms with Crippen molar-refractivity contribution in [1.29, 1.82) is 0 Å². The second-order valence-electron chi connectivity index (χ2n) is 4.63. The van der Waals surface area contributed by atoms with Gasteiger partial charge in [0.15, 0.2) is 0 Å². The molecule has 2 rings (SSSR count). The van der Waals surface area contributed by atoms with Crippen LogP contribution in [0.2, 0.25) is 0 Å². The van der Waals surface area contributed by atoms with Crippen LogP contribution < -0.4 is 4.72 Å². The SMILES string of the molecule is O=S(=O)(NCC1CCCC1Cl)c1cc(F)ccc1F. The predicted octanol–water partition coefficient (Wildman–Crippen LogP) is 2.65. The van der Waals surface area contributed by atoms with Crippen molar-refractivity contribution >= 4 is 21.6 Å². The van der Waals surface area contributed by atoms with Gasteiger partial charge in [-0.15, -0.1) is 11.6 Å². The van der Waals surface area contributed by atoms with Gasteiger partial charge in [-0.25, -0.2) is 21.9 Å². The maximum atomic E-state index is 13.4. The highest BCUT2D eigenvalue weighted by molar-refractivity contribution is 7.89. The van der Waals surface area contributed by atoms with Crippen molar-refractivity contribution < 1.29 is 17.2 Å². The highest BCUT2D eigenvalue weighted by Crippen LogP contribution is 2.29. The fraction of sp³-hybridized carbons (Fsp3) is 0.500. The molecule has 0 amide bonds. The molecule has 106 valence electrons. The topological polar surface area (TPSA) is 46.2 Å². The second kappa shape index (κ2) is 5.73. The predicted molar refractivity (Wildman–Crippen MR) is 68.5 cm³/mol. The number of nitrogens with one attached hydrogen (secondary N) is 1. The van der Waals surface area contributed by atoms with Crippen LogP contribution >= 0.6 is 11.6 Å². The van der Waals surface area contributed by atoms with Gasteiger partial charge in [0.2, 0.25) is 10.0 Å². The molecule has 7 heteroatoms. The zero-order valence-electron chi connectivity index (χ0n) is 10.1. The number of hydrogen-bond acceptors (Lipinski definition) is 2. The van der Waals surface area contributed by atoms with E-state index in [1.165, 1.54) is 0 Å². The van der Waals surface area contributed by atoms with Crippen molar-refractivity contribution in [1.82, 2.24) is 4.72 Å². The van der Waals surface area contributed by atoms with Crippen LogP contribution in [0.1, 0.15) is 19.3 Å². The summed E-state index contributed by atoms with van der Waals surface area (Å²) >= 11 is 6.04. The van der Waals surface area contributed by atoms with Gasteiger partial charge in [0.05, 0.1) is 0 Å². The zero-order chi connectivity index (χ0) is 14.0. The van der Waals surface area contributed by atoms with Gasteiger partial charge in [0.1, 0.15) is 16.5 Å². The molecular weight excluding hydrogens is 296 g/mol. The molecule has 1 saturated carbocycles. The lowest BCUT2D eigenvalue weighted by atomic mass is 10.1. The number of alkyl halides is 1. The molecule has 1 aliphatic rings. The van der Waals surface area contributed by atoms with E-state index in [0.717, 1.165) is 31.4 Å². The van der Waals surface area contributed by atoms with E-state index in [1.807, 2.05) is 0 Å². The smallest absolute Gasteiger partial charge is 0.211 e. The molecule has 2 atom stereocenters. The van der Waals surface area contributed by atoms with Crippen LogP contribution in [0, 0.1) is 17.6 Å². The molecule has 0 aromatic heterocycles. The molecule has 1 aromatic carbocycles. The van der Waals surface area contributed by atoms with Gasteiger partial charge in [0.25, 0.3) is 0 Å². The van der Waals surface area contributed by atoms with Crippen LogP contribution in [0.4, 0.5) is 8.78 Å². The lowest BCUT2D eigenvalue weighted by molar-refractivity contribution is 0.514. The maximum absolute atomic E-state index is 13.4. The summed E-state index contributed by atoms with van der Waals surface area (Å²) in [5.74, 6) is -1.73. The molecule has 1 N–H and O–H groups in total. The standard InChI is InChI=1S/C12H14ClF2NO2S/c13-10-3-1-2-8(10)7-16-19(17,18)12-6-9(14)4-5-11(12)15/h4-6,8,10,16H,1-3,7H2. The van der Waals surface area contributed by atoms with Crippen molar-refractivity contribution in [2.24, 2.45) is 5.92 Å². The molecule has 0 bridgehead atoms. The van der Waals surface area contributed by atoms with Crippen LogP contribution in [0.5, 0.6) is 0 Å². The summed E-state index contributed by atoms with van der Waals surface area (Å²) in [6.07, 6.45) is 2.64. The minimum Gasteiger partial charge on any atom is -0.211 e. The fourth-order valence-electron chi connectivity index (χ4n) is 2.20. The van der Waals surface area contributed by atoms with E-state index in [4.69, 9.17) is 11.6 Å². The van der Waals surface area contributed by atoms with E-state index in [2.05, 4.69) is 4.72 Å². The number of benzene rings is 1. The van der Waals surface area contributed by atoms with Gasteiger partial charge in [-0.3, -0.25) is 0 Å². The Labute approximate surface area is 116 Å². The molecule has 1 aliphatic carbocycles. The highest BCUT2D eigenvalue weighted by Gasteiger charge is 2.28. The molecule has 0 radical (unpaired) electrons. The minimum absolute atomic E-state index is 0.0352. The molecular formula is C12H14ClF2NO2S. The maximum Gasteiger partial charge on any atom is 0.243 e. The quantitative estimate of drug-likeness (QED) is 0.869. The van der Waals surface area contributed by atoms with Crippen LogP contribution in [0.15, 0.2) is 23.1 Å². The summed E-state index contributed by atoms with van der Waals surface area (Å²) in [7, 11) is -4.05. The Morgan fingerprint density at radius 1 is 1.32 bits per heavy atom. The first kappa shape index (κ1) is 14.7. The Kier molecular flexibility index (Phi) is 4.43. The summed E-state index contributed by atoms with van der Waals surface area (Å²) in [5.41, 5.74) is 0. The summed E-state index contributed by atoms with van der Waals surface area (Å²) in [6.45, 7) is 0.145. The van der Waals surface area contributed by atoms with E-state index in [0.29, 0.717) is 6.07 Å². The Bertz CT molecular complexity index is 565. The van der Waals surface area contributed by atoms with Gasteiger partial charge in [0, 0.05) is 11.9 Å². The van der Waals surface area contributed by atoms with E-state index in [1.54, 1.807) is 0 Å². The normalized spacial score (nSPS) is 23.7. The minimum atomic E-state index is -4.05. The Hall–Kier alpha value is -0.720. The van der Waals surface area contributed by atoms with Gasteiger partial charge in [-0.1, -0.05) is 6.42 Å². The van der Waals surface area contributed by atoms with Crippen molar-refractivity contribution in [3.05, 3.63) is 29.8 Å². The molecule has 19 heavy (non-hydrogen) atoms. The molecule has 0 aliphatic heterocycles. The number of halogens is 3. The second-order valence-corrected chi connectivity index (χ2v) is 6.93. The first-order chi connectivity index (χ1) is 8.90. The molecule has 0 saturated heterocycles. The largest absolute Gasteiger partial charge is 0.243 e. The summed E-state index contributed by atoms with van der Waals surface area (Å²) in [4.78, 5) is -0.670. The average Bonchev–Trinajstić information content (AvgIpc) is 2.75. The lowest BCUT2D eigenvalue weighted by Gasteiger charge is -2.15. The van der Waals surface area contributed by atoms with Crippen LogP contribution in [-0.2, 0) is 10.0 Å². The van der Waals surface area contributed by atoms with Crippen LogP contribution in [0.3, 0.4) is 0 Å². The third-order valence-corrected chi connectivity index (χ3v) is 5.30. The molecule has 1 fully saturated rings. The summed E-state index contributed by atoms with van der Waals surface area (Å²) in [6, 6.07) is 2.34. The van der Waals surface area contributed by atoms with Gasteiger partial charge in [-0.2, -0.15) is 0 Å². The number of hydrogen-bond donors (Lipinski definition) is 1. The molecule has 1 aromatic rings. The lowest BCUT2D eigenvalue weighted by Crippen LogP contribution is -2.31. The molecule has 2 unspecified atom stereocenters. The monoisotopic (exact) mass is 309 g/mol. The molecule has 0 heterocycles. The van der Waals surface area contributed by atoms with Crippen molar-refractivity contribution in [2.45, 2.75) is 29.5 Å². The van der Waals surface area contributed by atoms with Gasteiger partial charge in [-0.05, 0) is 37.0 Å².